The van der Waals surface area contributed by atoms with Crippen LogP contribution in [0.4, 0.5) is 5.69 Å². The van der Waals surface area contributed by atoms with Gasteiger partial charge in [-0.25, -0.2) is 0 Å². The van der Waals surface area contributed by atoms with E-state index in [9.17, 15) is 30.0 Å². The first kappa shape index (κ1) is 31.6. The van der Waals surface area contributed by atoms with E-state index in [0.717, 1.165) is 13.1 Å². The number of amides is 2. The molecule has 14 heteroatoms. The number of carbonyl (C=O) groups is 2. The van der Waals surface area contributed by atoms with E-state index >= 15 is 0 Å². The van der Waals surface area contributed by atoms with Crippen molar-refractivity contribution < 1.29 is 39.5 Å². The maximum absolute atomic E-state index is 13.7. The van der Waals surface area contributed by atoms with Crippen molar-refractivity contribution >= 4 is 23.3 Å². The molecule has 42 heavy (non-hydrogen) atoms. The Kier molecular flexibility index (Phi) is 10.7. The van der Waals surface area contributed by atoms with Gasteiger partial charge < -0.3 is 56.1 Å². The third-order valence-electron chi connectivity index (χ3n) is 7.70. The molecule has 8 atom stereocenters. The van der Waals surface area contributed by atoms with E-state index in [-0.39, 0.29) is 18.3 Å². The fourth-order valence-electron chi connectivity index (χ4n) is 5.11. The summed E-state index contributed by atoms with van der Waals surface area (Å²) in [5, 5.41) is 54.1. The van der Waals surface area contributed by atoms with Gasteiger partial charge in [0.25, 0.3) is 0 Å². The molecule has 9 N–H and O–H groups in total. The largest absolute Gasteiger partial charge is 0.394 e. The van der Waals surface area contributed by atoms with Gasteiger partial charge in [-0.1, -0.05) is 36.4 Å². The van der Waals surface area contributed by atoms with E-state index in [1.165, 1.54) is 0 Å². The summed E-state index contributed by atoms with van der Waals surface area (Å²) in [6.45, 7) is 1.79. The fraction of sp³-hybridized carbons (Fsp3) is 0.536. The molecule has 2 amide bonds. The highest BCUT2D eigenvalue weighted by molar-refractivity contribution is 5.96. The number of hydrogen-bond acceptors (Lipinski definition) is 11. The first-order valence-electron chi connectivity index (χ1n) is 13.8. The normalized spacial score (nSPS) is 30.5. The number of amidine groups is 1. The minimum atomic E-state index is -1.63. The molecule has 2 heterocycles. The Bertz CT molecular complexity index is 1170. The number of nitrogens with zero attached hydrogens (tertiary/aromatic N) is 2. The number of aliphatic hydroxyl groups excluding tert-OH is 4. The van der Waals surface area contributed by atoms with Crippen molar-refractivity contribution in [2.75, 3.05) is 51.7 Å². The maximum Gasteiger partial charge on any atom is 0.243 e. The second-order valence-electron chi connectivity index (χ2n) is 10.7. The van der Waals surface area contributed by atoms with Gasteiger partial charge in [-0.05, 0) is 19.2 Å². The Hall–Kier alpha value is -3.37. The van der Waals surface area contributed by atoms with Crippen LogP contribution in [0.2, 0.25) is 0 Å². The number of nitrogens with one attached hydrogen (secondary N) is 3. The minimum Gasteiger partial charge on any atom is -0.394 e. The average Bonchev–Trinajstić information content (AvgIpc) is 2.99. The van der Waals surface area contributed by atoms with Crippen LogP contribution in [0.3, 0.4) is 0 Å². The van der Waals surface area contributed by atoms with Crippen LogP contribution < -0.4 is 16.4 Å². The average molecular weight is 589 g/mol. The number of rotatable bonds is 10. The predicted octanol–water partition coefficient (Wildman–Crippen LogP) is -2.43. The molecule has 0 bridgehead atoms. The van der Waals surface area contributed by atoms with E-state index in [4.69, 9.17) is 20.6 Å². The molecule has 2 unspecified atom stereocenters. The highest BCUT2D eigenvalue weighted by Gasteiger charge is 2.46. The second kappa shape index (κ2) is 14.2. The number of aliphatic hydroxyl groups is 4. The standard InChI is InChI=1S/C28H40N6O8/c1-33-9-11-34(12-10-33)21(36)14-31-27(40)22(32-17-6-4-5-16(13-17)26(29)30)18-7-2-3-8-19(18)41-28-25(39)24(38)23(37)20(15-35)42-28/h2-8,13,18-20,22-25,28,32,35,37-39H,9-12,14-15H2,1H3,(H3,29,30)(H,31,40)/t18?,19?,20-,22+,23-,24+,25-,28-/m1/s1. The lowest BCUT2D eigenvalue weighted by Gasteiger charge is -2.42. The zero-order valence-corrected chi connectivity index (χ0v) is 23.4. The molecular formula is C28H40N6O8. The van der Waals surface area contributed by atoms with Crippen molar-refractivity contribution in [2.24, 2.45) is 11.7 Å². The first-order chi connectivity index (χ1) is 20.1. The topological polar surface area (TPSA) is 214 Å². The zero-order valence-electron chi connectivity index (χ0n) is 23.4. The number of ether oxygens (including phenoxy) is 2. The van der Waals surface area contributed by atoms with Crippen LogP contribution in [-0.4, -0.2) is 137 Å². The number of piperazine rings is 1. The van der Waals surface area contributed by atoms with Gasteiger partial charge in [0.2, 0.25) is 11.8 Å². The summed E-state index contributed by atoms with van der Waals surface area (Å²) < 4.78 is 11.6. The molecule has 0 saturated carbocycles. The van der Waals surface area contributed by atoms with Crippen LogP contribution in [0.1, 0.15) is 5.56 Å². The second-order valence-corrected chi connectivity index (χ2v) is 10.7. The van der Waals surface area contributed by atoms with Crippen LogP contribution in [0.25, 0.3) is 0 Å². The maximum atomic E-state index is 13.7. The third-order valence-corrected chi connectivity index (χ3v) is 7.70. The van der Waals surface area contributed by atoms with Crippen molar-refractivity contribution in [1.29, 1.82) is 5.41 Å². The summed E-state index contributed by atoms with van der Waals surface area (Å²) in [5.74, 6) is -1.57. The quantitative estimate of drug-likeness (QED) is 0.106. The smallest absolute Gasteiger partial charge is 0.243 e. The molecule has 2 saturated heterocycles. The molecule has 230 valence electrons. The number of likely N-dealkylation sites (N-methyl/N-ethyl adjacent to an activating group) is 1. The molecule has 1 aromatic carbocycles. The number of allylic oxidation sites excluding steroid dienone is 2. The van der Waals surface area contributed by atoms with Gasteiger partial charge >= 0.3 is 0 Å². The van der Waals surface area contributed by atoms with E-state index in [0.29, 0.717) is 24.3 Å². The molecule has 0 radical (unpaired) electrons. The van der Waals surface area contributed by atoms with E-state index in [2.05, 4.69) is 15.5 Å². The zero-order chi connectivity index (χ0) is 30.4. The minimum absolute atomic E-state index is 0.151. The molecule has 3 aliphatic rings. The summed E-state index contributed by atoms with van der Waals surface area (Å²) in [6, 6.07) is 5.66. The van der Waals surface area contributed by atoms with Gasteiger partial charge in [-0.3, -0.25) is 15.0 Å². The van der Waals surface area contributed by atoms with Crippen molar-refractivity contribution in [3.8, 4) is 0 Å². The van der Waals surface area contributed by atoms with Gasteiger partial charge in [-0.15, -0.1) is 0 Å². The highest BCUT2D eigenvalue weighted by Crippen LogP contribution is 2.29. The highest BCUT2D eigenvalue weighted by atomic mass is 16.7. The summed E-state index contributed by atoms with van der Waals surface area (Å²) in [4.78, 5) is 30.3. The molecule has 1 aromatic rings. The molecule has 2 fully saturated rings. The van der Waals surface area contributed by atoms with E-state index in [1.54, 1.807) is 53.5 Å². The Balaban J connectivity index is 1.54. The first-order valence-corrected chi connectivity index (χ1v) is 13.8. The lowest BCUT2D eigenvalue weighted by Crippen LogP contribution is -2.60. The van der Waals surface area contributed by atoms with Crippen LogP contribution >= 0.6 is 0 Å². The van der Waals surface area contributed by atoms with Crippen LogP contribution in [0.15, 0.2) is 48.6 Å². The number of nitrogens with two attached hydrogens (primary N) is 1. The summed E-state index contributed by atoms with van der Waals surface area (Å²) >= 11 is 0. The third kappa shape index (κ3) is 7.52. The number of nitrogen functional groups attached to an aromatic ring is 1. The van der Waals surface area contributed by atoms with E-state index in [1.807, 2.05) is 7.05 Å². The number of anilines is 1. The van der Waals surface area contributed by atoms with Crippen LogP contribution in [0, 0.1) is 11.3 Å². The molecule has 4 rings (SSSR count). The SMILES string of the molecule is CN1CCN(C(=O)CNC(=O)[C@@H](Nc2cccc(C(=N)N)c2)C2C=CC=CC2O[C@@H]2O[C@H](CO)[C@@H](O)[C@H](O)[C@H]2O)CC1. The van der Waals surface area contributed by atoms with Crippen LogP contribution in [0.5, 0.6) is 0 Å². The summed E-state index contributed by atoms with van der Waals surface area (Å²) in [5.41, 5.74) is 6.59. The summed E-state index contributed by atoms with van der Waals surface area (Å²) in [7, 11) is 1.98. The Morgan fingerprint density at radius 2 is 1.83 bits per heavy atom. The van der Waals surface area contributed by atoms with Crippen molar-refractivity contribution in [2.45, 2.75) is 42.9 Å². The molecule has 0 spiro atoms. The van der Waals surface area contributed by atoms with Gasteiger partial charge in [-0.2, -0.15) is 0 Å². The molecule has 2 aliphatic heterocycles. The molecule has 0 aromatic heterocycles. The van der Waals surface area contributed by atoms with Crippen molar-refractivity contribution in [3.05, 3.63) is 54.1 Å². The van der Waals surface area contributed by atoms with Crippen molar-refractivity contribution in [3.63, 3.8) is 0 Å². The Morgan fingerprint density at radius 3 is 2.52 bits per heavy atom. The molecule has 14 nitrogen and oxygen atoms in total. The van der Waals surface area contributed by atoms with E-state index < -0.39 is 61.3 Å². The Morgan fingerprint density at radius 1 is 1.12 bits per heavy atom. The van der Waals surface area contributed by atoms with Crippen molar-refractivity contribution in [1.82, 2.24) is 15.1 Å². The number of hydrogen-bond donors (Lipinski definition) is 8. The number of carbonyl (C=O) groups excluding carboxylic acids is 2. The van der Waals surface area contributed by atoms with Gasteiger partial charge in [0.05, 0.1) is 19.3 Å². The lowest BCUT2D eigenvalue weighted by molar-refractivity contribution is -0.310. The van der Waals surface area contributed by atoms with Gasteiger partial charge in [0.1, 0.15) is 36.3 Å². The lowest BCUT2D eigenvalue weighted by atomic mass is 9.88. The van der Waals surface area contributed by atoms with Crippen LogP contribution in [-0.2, 0) is 19.1 Å². The Labute approximate surface area is 243 Å². The molecular weight excluding hydrogens is 548 g/mol. The monoisotopic (exact) mass is 588 g/mol. The number of benzene rings is 1. The summed E-state index contributed by atoms with van der Waals surface area (Å²) in [6.07, 6.45) is -1.48. The molecule has 1 aliphatic carbocycles. The van der Waals surface area contributed by atoms with Gasteiger partial charge in [0.15, 0.2) is 6.29 Å². The van der Waals surface area contributed by atoms with Gasteiger partial charge in [0, 0.05) is 43.3 Å². The predicted molar refractivity (Wildman–Crippen MR) is 152 cm³/mol. The fourth-order valence-corrected chi connectivity index (χ4v) is 5.11.